The van der Waals surface area contributed by atoms with E-state index in [2.05, 4.69) is 11.8 Å². The lowest BCUT2D eigenvalue weighted by Crippen LogP contribution is -1.78. The van der Waals surface area contributed by atoms with Gasteiger partial charge in [0.25, 0.3) is 5.97 Å². The van der Waals surface area contributed by atoms with E-state index in [1.807, 2.05) is 0 Å². The number of rotatable bonds is 0. The maximum atomic E-state index is 9.00. The Kier molecular flexibility index (Phi) is 12.7. The Balaban J connectivity index is 0. The molecule has 0 aliphatic carbocycles. The van der Waals surface area contributed by atoms with Gasteiger partial charge in [0.1, 0.15) is 13.2 Å². The van der Waals surface area contributed by atoms with E-state index in [-0.39, 0.29) is 13.2 Å². The second kappa shape index (κ2) is 10.8. The van der Waals surface area contributed by atoms with Gasteiger partial charge in [-0.15, -0.1) is 0 Å². The molecular weight excluding hydrogens is 136 g/mol. The second-order valence-electron chi connectivity index (χ2n) is 1.19. The molecule has 0 saturated carbocycles. The summed E-state index contributed by atoms with van der Waals surface area (Å²) < 4.78 is 0. The van der Waals surface area contributed by atoms with Gasteiger partial charge in [-0.1, -0.05) is 11.8 Å². The Bertz CT molecular complexity index is 118. The monoisotopic (exact) mass is 146 g/mol. The summed E-state index contributed by atoms with van der Waals surface area (Å²) in [6, 6.07) is 0. The summed E-state index contributed by atoms with van der Waals surface area (Å²) in [5.41, 5.74) is 0. The molecule has 3 N–H and O–H groups in total. The summed E-state index contributed by atoms with van der Waals surface area (Å²) >= 11 is 0. The molecule has 0 aromatic carbocycles. The van der Waals surface area contributed by atoms with E-state index >= 15 is 0 Å². The molecule has 0 radical (unpaired) electrons. The average molecular weight is 146 g/mol. The van der Waals surface area contributed by atoms with Gasteiger partial charge >= 0.3 is 0 Å². The number of aliphatic hydroxyl groups excluding tert-OH is 2. The highest BCUT2D eigenvalue weighted by Crippen LogP contribution is 1.48. The molecule has 58 valence electrons. The highest BCUT2D eigenvalue weighted by atomic mass is 16.4. The van der Waals surface area contributed by atoms with Crippen LogP contribution in [0.5, 0.6) is 0 Å². The Hall–Kier alpha value is -1.05. The summed E-state index contributed by atoms with van der Waals surface area (Å²) in [6.07, 6.45) is 0. The van der Waals surface area contributed by atoms with Gasteiger partial charge in [-0.05, 0) is 0 Å². The van der Waals surface area contributed by atoms with Gasteiger partial charge in [-0.2, -0.15) is 0 Å². The van der Waals surface area contributed by atoms with Crippen molar-refractivity contribution in [2.24, 2.45) is 0 Å². The smallest absolute Gasteiger partial charge is 0.300 e. The third-order valence-corrected chi connectivity index (χ3v) is 0.283. The van der Waals surface area contributed by atoms with Crippen molar-refractivity contribution in [3.05, 3.63) is 0 Å². The van der Waals surface area contributed by atoms with Crippen LogP contribution >= 0.6 is 0 Å². The van der Waals surface area contributed by atoms with Crippen LogP contribution in [-0.2, 0) is 4.79 Å². The maximum absolute atomic E-state index is 9.00. The molecule has 0 atom stereocenters. The van der Waals surface area contributed by atoms with Crippen molar-refractivity contribution in [3.8, 4) is 11.8 Å². The van der Waals surface area contributed by atoms with Gasteiger partial charge in [-0.25, -0.2) is 0 Å². The first-order chi connectivity index (χ1) is 4.65. The van der Waals surface area contributed by atoms with E-state index in [9.17, 15) is 0 Å². The van der Waals surface area contributed by atoms with E-state index < -0.39 is 5.97 Å². The van der Waals surface area contributed by atoms with Crippen LogP contribution in [-0.4, -0.2) is 34.5 Å². The van der Waals surface area contributed by atoms with Gasteiger partial charge in [0, 0.05) is 6.92 Å². The first-order valence-corrected chi connectivity index (χ1v) is 2.52. The first-order valence-electron chi connectivity index (χ1n) is 2.52. The van der Waals surface area contributed by atoms with Crippen molar-refractivity contribution in [2.45, 2.75) is 6.92 Å². The van der Waals surface area contributed by atoms with Crippen LogP contribution < -0.4 is 0 Å². The summed E-state index contributed by atoms with van der Waals surface area (Å²) in [7, 11) is 0. The normalized spacial score (nSPS) is 6.30. The molecule has 0 aliphatic rings. The minimum atomic E-state index is -0.833. The lowest BCUT2D eigenvalue weighted by Gasteiger charge is -1.66. The number of hydrogen-bond acceptors (Lipinski definition) is 3. The third kappa shape index (κ3) is 64.7. The van der Waals surface area contributed by atoms with Gasteiger partial charge in [0.05, 0.1) is 0 Å². The quantitative estimate of drug-likeness (QED) is 0.386. The molecule has 4 nitrogen and oxygen atoms in total. The Morgan fingerprint density at radius 3 is 1.60 bits per heavy atom. The number of hydrogen-bond donors (Lipinski definition) is 3. The predicted molar refractivity (Wildman–Crippen MR) is 35.3 cm³/mol. The van der Waals surface area contributed by atoms with Crippen LogP contribution in [0.25, 0.3) is 0 Å². The van der Waals surface area contributed by atoms with Gasteiger partial charge < -0.3 is 15.3 Å². The van der Waals surface area contributed by atoms with Crippen LogP contribution in [0.15, 0.2) is 0 Å². The molecule has 0 heterocycles. The highest BCUT2D eigenvalue weighted by molar-refractivity contribution is 5.62. The van der Waals surface area contributed by atoms with E-state index in [4.69, 9.17) is 20.1 Å². The number of carbonyl (C=O) groups is 1. The number of aliphatic carboxylic acids is 1. The van der Waals surface area contributed by atoms with E-state index in [1.54, 1.807) is 0 Å². The van der Waals surface area contributed by atoms with Crippen LogP contribution in [0.4, 0.5) is 0 Å². The fourth-order valence-electron chi connectivity index (χ4n) is 0.112. The lowest BCUT2D eigenvalue weighted by molar-refractivity contribution is -0.134. The fourth-order valence-corrected chi connectivity index (χ4v) is 0.112. The van der Waals surface area contributed by atoms with Crippen molar-refractivity contribution in [3.63, 3.8) is 0 Å². The Morgan fingerprint density at radius 1 is 1.30 bits per heavy atom. The van der Waals surface area contributed by atoms with Crippen LogP contribution in [0.1, 0.15) is 6.92 Å². The lowest BCUT2D eigenvalue weighted by atomic mass is 10.6. The Labute approximate surface area is 59.1 Å². The van der Waals surface area contributed by atoms with E-state index in [0.29, 0.717) is 0 Å². The summed E-state index contributed by atoms with van der Waals surface area (Å²) in [6.45, 7) is 0.751. The molecule has 0 aliphatic heterocycles. The molecule has 0 unspecified atom stereocenters. The molecule has 0 saturated heterocycles. The van der Waals surface area contributed by atoms with Gasteiger partial charge in [-0.3, -0.25) is 4.79 Å². The van der Waals surface area contributed by atoms with E-state index in [1.165, 1.54) is 0 Å². The summed E-state index contributed by atoms with van der Waals surface area (Å²) in [4.78, 5) is 9.00. The zero-order valence-corrected chi connectivity index (χ0v) is 5.66. The fraction of sp³-hybridized carbons (Fsp3) is 0.500. The van der Waals surface area contributed by atoms with Gasteiger partial charge in [0.2, 0.25) is 0 Å². The zero-order valence-electron chi connectivity index (χ0n) is 5.66. The molecule has 0 aromatic heterocycles. The minimum absolute atomic E-state index is 0.166. The number of carboxylic acid groups (broad SMARTS) is 1. The predicted octanol–water partition coefficient (Wildman–Crippen LogP) is -0.935. The molecule has 0 fully saturated rings. The summed E-state index contributed by atoms with van der Waals surface area (Å²) in [5.74, 6) is 3.67. The van der Waals surface area contributed by atoms with Crippen LogP contribution in [0.2, 0.25) is 0 Å². The third-order valence-electron chi connectivity index (χ3n) is 0.283. The van der Waals surface area contributed by atoms with Crippen molar-refractivity contribution < 1.29 is 20.1 Å². The topological polar surface area (TPSA) is 77.8 Å². The first kappa shape index (κ1) is 11.7. The molecule has 0 spiro atoms. The van der Waals surface area contributed by atoms with Crippen LogP contribution in [0.3, 0.4) is 0 Å². The van der Waals surface area contributed by atoms with E-state index in [0.717, 1.165) is 6.92 Å². The highest BCUT2D eigenvalue weighted by Gasteiger charge is 1.65. The maximum Gasteiger partial charge on any atom is 0.300 e. The number of aliphatic hydroxyl groups is 2. The molecule has 0 bridgehead atoms. The molecule has 4 heteroatoms. The largest absolute Gasteiger partial charge is 0.481 e. The van der Waals surface area contributed by atoms with Crippen molar-refractivity contribution in [2.75, 3.05) is 13.2 Å². The minimum Gasteiger partial charge on any atom is -0.481 e. The standard InChI is InChI=1S/C4H6O2.C2H4O2/c5-3-1-2-4-6;1-2(3)4/h5-6H,3-4H2;1H3,(H,3,4). The Morgan fingerprint density at radius 2 is 1.50 bits per heavy atom. The molecule has 0 aromatic rings. The zero-order chi connectivity index (χ0) is 8.41. The second-order valence-corrected chi connectivity index (χ2v) is 1.19. The molecule has 0 amide bonds. The molecular formula is C6H10O4. The van der Waals surface area contributed by atoms with Crippen LogP contribution in [0, 0.1) is 11.8 Å². The SMILES string of the molecule is CC(=O)O.OCC#CCO. The summed E-state index contributed by atoms with van der Waals surface area (Å²) in [5, 5.41) is 23.2. The number of carboxylic acids is 1. The molecule has 0 rings (SSSR count). The molecule has 10 heavy (non-hydrogen) atoms. The van der Waals surface area contributed by atoms with Crippen molar-refractivity contribution in [1.82, 2.24) is 0 Å². The average Bonchev–Trinajstić information content (AvgIpc) is 1.82. The van der Waals surface area contributed by atoms with Crippen molar-refractivity contribution >= 4 is 5.97 Å². The van der Waals surface area contributed by atoms with Gasteiger partial charge in [0.15, 0.2) is 0 Å². The van der Waals surface area contributed by atoms with Crippen molar-refractivity contribution in [1.29, 1.82) is 0 Å².